The lowest BCUT2D eigenvalue weighted by atomic mass is 10.0. The van der Waals surface area contributed by atoms with Gasteiger partial charge in [0.2, 0.25) is 0 Å². The van der Waals surface area contributed by atoms with Crippen LogP contribution in [-0.2, 0) is 12.7 Å². The molecule has 0 atom stereocenters. The van der Waals surface area contributed by atoms with Gasteiger partial charge in [-0.25, -0.2) is 9.50 Å². The van der Waals surface area contributed by atoms with Gasteiger partial charge < -0.3 is 5.32 Å². The molecule has 6 aromatic rings. The van der Waals surface area contributed by atoms with Crippen LogP contribution in [0.2, 0.25) is 10.0 Å². The lowest BCUT2D eigenvalue weighted by Gasteiger charge is -2.13. The quantitative estimate of drug-likeness (QED) is 0.231. The van der Waals surface area contributed by atoms with E-state index in [2.05, 4.69) is 20.5 Å². The number of carbonyl (C=O) groups is 1. The van der Waals surface area contributed by atoms with E-state index in [0.717, 1.165) is 28.6 Å². The van der Waals surface area contributed by atoms with Crippen LogP contribution in [0.1, 0.15) is 21.6 Å². The highest BCUT2D eigenvalue weighted by Crippen LogP contribution is 2.35. The van der Waals surface area contributed by atoms with E-state index >= 15 is 0 Å². The van der Waals surface area contributed by atoms with Crippen molar-refractivity contribution in [2.75, 3.05) is 5.32 Å². The number of hydrogen-bond acceptors (Lipinski definition) is 4. The number of anilines is 1. The number of nitrogens with one attached hydrogen (secondary N) is 1. The smallest absolute Gasteiger partial charge is 0.304 e. The van der Waals surface area contributed by atoms with Crippen molar-refractivity contribution >= 4 is 51.3 Å². The van der Waals surface area contributed by atoms with Gasteiger partial charge in [-0.1, -0.05) is 77.8 Å². The largest absolute Gasteiger partial charge is 0.433 e. The molecule has 200 valence electrons. The summed E-state index contributed by atoms with van der Waals surface area (Å²) in [5.41, 5.74) is -0.0549. The van der Waals surface area contributed by atoms with Crippen LogP contribution < -0.4 is 5.32 Å². The second-order valence-corrected chi connectivity index (χ2v) is 9.79. The number of aromatic nitrogens is 5. The standard InChI is InChI=1S/C28H17Cl2F3N6O/c29-18-10-8-16(9-11-18)14-38-15-22(30)25(37-38)36-27(40)21-13-34-39-24(28(31,32)33)12-23(35-26(21)39)20-7-3-5-17-4-1-2-6-19(17)20/h1-13,15H,14H2,(H,36,37,40). The predicted molar refractivity (Wildman–Crippen MR) is 147 cm³/mol. The van der Waals surface area contributed by atoms with Crippen LogP contribution in [-0.4, -0.2) is 30.3 Å². The third-order valence-electron chi connectivity index (χ3n) is 6.28. The fourth-order valence-electron chi connectivity index (χ4n) is 4.43. The Balaban J connectivity index is 1.38. The molecule has 0 aliphatic carbocycles. The van der Waals surface area contributed by atoms with Crippen molar-refractivity contribution in [2.24, 2.45) is 0 Å². The Morgan fingerprint density at radius 2 is 1.73 bits per heavy atom. The van der Waals surface area contributed by atoms with E-state index < -0.39 is 17.8 Å². The first-order valence-electron chi connectivity index (χ1n) is 11.9. The second kappa shape index (κ2) is 9.96. The van der Waals surface area contributed by atoms with Gasteiger partial charge in [-0.05, 0) is 34.5 Å². The first-order valence-corrected chi connectivity index (χ1v) is 12.7. The Labute approximate surface area is 234 Å². The van der Waals surface area contributed by atoms with Crippen LogP contribution in [0, 0.1) is 0 Å². The molecule has 3 heterocycles. The van der Waals surface area contributed by atoms with Crippen LogP contribution in [0.25, 0.3) is 27.7 Å². The molecule has 1 N–H and O–H groups in total. The SMILES string of the molecule is O=C(Nc1nn(Cc2ccc(Cl)cc2)cc1Cl)c1cnn2c(C(F)(F)F)cc(-c3cccc4ccccc34)nc12. The van der Waals surface area contributed by atoms with E-state index in [1.165, 1.54) is 10.9 Å². The monoisotopic (exact) mass is 580 g/mol. The second-order valence-electron chi connectivity index (χ2n) is 8.95. The minimum atomic E-state index is -4.76. The van der Waals surface area contributed by atoms with Gasteiger partial charge in [-0.2, -0.15) is 23.4 Å². The summed E-state index contributed by atoms with van der Waals surface area (Å²) in [5, 5.41) is 13.0. The molecule has 0 unspecified atom stereocenters. The van der Waals surface area contributed by atoms with Gasteiger partial charge in [-0.15, -0.1) is 0 Å². The van der Waals surface area contributed by atoms with Crippen LogP contribution in [0.4, 0.5) is 19.0 Å². The number of amides is 1. The predicted octanol–water partition coefficient (Wildman–Crippen LogP) is 7.37. The molecule has 0 spiro atoms. The number of rotatable bonds is 5. The number of benzene rings is 3. The van der Waals surface area contributed by atoms with Crippen LogP contribution in [0.3, 0.4) is 0 Å². The Morgan fingerprint density at radius 1 is 0.975 bits per heavy atom. The number of halogens is 5. The van der Waals surface area contributed by atoms with Gasteiger partial charge in [0.25, 0.3) is 5.91 Å². The Morgan fingerprint density at radius 3 is 2.50 bits per heavy atom. The van der Waals surface area contributed by atoms with Crippen LogP contribution >= 0.6 is 23.2 Å². The molecule has 12 heteroatoms. The van der Waals surface area contributed by atoms with E-state index in [1.807, 2.05) is 30.3 Å². The van der Waals surface area contributed by atoms with Gasteiger partial charge >= 0.3 is 6.18 Å². The van der Waals surface area contributed by atoms with Crippen molar-refractivity contribution in [3.8, 4) is 11.3 Å². The number of hydrogen-bond donors (Lipinski definition) is 1. The van der Waals surface area contributed by atoms with Gasteiger partial charge in [0.05, 0.1) is 18.4 Å². The molecular weight excluding hydrogens is 564 g/mol. The normalized spacial score (nSPS) is 11.8. The van der Waals surface area contributed by atoms with Crippen molar-refractivity contribution < 1.29 is 18.0 Å². The summed E-state index contributed by atoms with van der Waals surface area (Å²) < 4.78 is 44.5. The zero-order valence-electron chi connectivity index (χ0n) is 20.3. The maximum absolute atomic E-state index is 14.1. The molecule has 0 aliphatic heterocycles. The summed E-state index contributed by atoms with van der Waals surface area (Å²) in [7, 11) is 0. The van der Waals surface area contributed by atoms with E-state index in [4.69, 9.17) is 23.2 Å². The molecule has 0 bridgehead atoms. The average molecular weight is 581 g/mol. The highest BCUT2D eigenvalue weighted by Gasteiger charge is 2.36. The molecule has 0 aliphatic rings. The molecule has 0 saturated heterocycles. The summed E-state index contributed by atoms with van der Waals surface area (Å²) in [6.45, 7) is 0.356. The molecule has 0 fully saturated rings. The summed E-state index contributed by atoms with van der Waals surface area (Å²) in [5.74, 6) is -0.717. The lowest BCUT2D eigenvalue weighted by molar-refractivity contribution is -0.142. The summed E-state index contributed by atoms with van der Waals surface area (Å²) in [4.78, 5) is 17.7. The fourth-order valence-corrected chi connectivity index (χ4v) is 4.75. The fraction of sp³-hybridized carbons (Fsp3) is 0.0714. The van der Waals surface area contributed by atoms with Gasteiger partial charge in [0.15, 0.2) is 17.2 Å². The van der Waals surface area contributed by atoms with Gasteiger partial charge in [0.1, 0.15) is 10.6 Å². The molecule has 3 aromatic carbocycles. The van der Waals surface area contributed by atoms with Crippen LogP contribution in [0.15, 0.2) is 85.2 Å². The molecule has 3 aromatic heterocycles. The first kappa shape index (κ1) is 25.8. The molecule has 1 amide bonds. The van der Waals surface area contributed by atoms with Gasteiger partial charge in [0, 0.05) is 16.8 Å². The van der Waals surface area contributed by atoms with Crippen molar-refractivity contribution in [3.05, 3.63) is 112 Å². The topological polar surface area (TPSA) is 77.1 Å². The molecule has 40 heavy (non-hydrogen) atoms. The highest BCUT2D eigenvalue weighted by atomic mass is 35.5. The number of alkyl halides is 3. The molecular formula is C28H17Cl2F3N6O. The van der Waals surface area contributed by atoms with E-state index in [9.17, 15) is 18.0 Å². The maximum atomic E-state index is 14.1. The third-order valence-corrected chi connectivity index (χ3v) is 6.81. The zero-order chi connectivity index (χ0) is 28.0. The molecule has 0 saturated carbocycles. The highest BCUT2D eigenvalue weighted by molar-refractivity contribution is 6.33. The number of carbonyl (C=O) groups excluding carboxylic acids is 1. The van der Waals surface area contributed by atoms with Crippen molar-refractivity contribution in [2.45, 2.75) is 12.7 Å². The Kier molecular flexibility index (Phi) is 6.44. The molecule has 7 nitrogen and oxygen atoms in total. The number of nitrogens with zero attached hydrogens (tertiary/aromatic N) is 5. The zero-order valence-corrected chi connectivity index (χ0v) is 21.8. The van der Waals surface area contributed by atoms with E-state index in [-0.39, 0.29) is 27.7 Å². The van der Waals surface area contributed by atoms with Crippen molar-refractivity contribution in [1.29, 1.82) is 0 Å². The van der Waals surface area contributed by atoms with E-state index in [1.54, 1.807) is 36.4 Å². The van der Waals surface area contributed by atoms with Crippen LogP contribution in [0.5, 0.6) is 0 Å². The van der Waals surface area contributed by atoms with Crippen molar-refractivity contribution in [3.63, 3.8) is 0 Å². The molecule has 0 radical (unpaired) electrons. The lowest BCUT2D eigenvalue weighted by Crippen LogP contribution is -2.16. The Hall–Kier alpha value is -4.41. The van der Waals surface area contributed by atoms with E-state index in [0.29, 0.717) is 21.6 Å². The van der Waals surface area contributed by atoms with Gasteiger partial charge in [-0.3, -0.25) is 9.48 Å². The average Bonchev–Trinajstić information content (AvgIpc) is 3.51. The summed E-state index contributed by atoms with van der Waals surface area (Å²) in [6.07, 6.45) is -2.19. The van der Waals surface area contributed by atoms with Crippen molar-refractivity contribution in [1.82, 2.24) is 24.4 Å². The Bertz CT molecular complexity index is 1890. The number of fused-ring (bicyclic) bond motifs is 2. The summed E-state index contributed by atoms with van der Waals surface area (Å²) in [6, 6.07) is 20.6. The summed E-state index contributed by atoms with van der Waals surface area (Å²) >= 11 is 12.2. The third kappa shape index (κ3) is 4.87. The minimum Gasteiger partial charge on any atom is -0.304 e. The molecule has 6 rings (SSSR count). The minimum absolute atomic E-state index is 0.0428. The first-order chi connectivity index (χ1) is 19.2. The maximum Gasteiger partial charge on any atom is 0.433 e.